The van der Waals surface area contributed by atoms with Gasteiger partial charge in [-0.3, -0.25) is 4.79 Å². The maximum atomic E-state index is 14.4. The van der Waals surface area contributed by atoms with Crippen molar-refractivity contribution in [1.82, 2.24) is 14.3 Å². The Kier molecular flexibility index (Phi) is 5.96. The van der Waals surface area contributed by atoms with Gasteiger partial charge in [-0.25, -0.2) is 14.1 Å². The minimum absolute atomic E-state index is 0.128. The Balaban J connectivity index is 2.14. The van der Waals surface area contributed by atoms with E-state index >= 15 is 0 Å². The van der Waals surface area contributed by atoms with Gasteiger partial charge in [0.05, 0.1) is 4.90 Å². The average Bonchev–Trinajstić information content (AvgIpc) is 2.78. The molecule has 0 saturated heterocycles. The molecule has 11 heteroatoms. The highest BCUT2D eigenvalue weighted by Gasteiger charge is 2.36. The van der Waals surface area contributed by atoms with Crippen molar-refractivity contribution in [2.75, 3.05) is 5.32 Å². The van der Waals surface area contributed by atoms with Crippen molar-refractivity contribution in [2.24, 2.45) is 7.05 Å². The summed E-state index contributed by atoms with van der Waals surface area (Å²) >= 11 is 6.17. The molecule has 0 saturated carbocycles. The molecular formula is C14H13ClF4N4OS. The van der Waals surface area contributed by atoms with Crippen LogP contribution >= 0.6 is 23.5 Å². The van der Waals surface area contributed by atoms with Gasteiger partial charge < -0.3 is 9.88 Å². The van der Waals surface area contributed by atoms with E-state index in [4.69, 9.17) is 11.6 Å². The minimum Gasteiger partial charge on any atom is -0.343 e. The van der Waals surface area contributed by atoms with Crippen molar-refractivity contribution in [2.45, 2.75) is 24.0 Å². The fourth-order valence-corrected chi connectivity index (χ4v) is 2.80. The second kappa shape index (κ2) is 7.63. The Morgan fingerprint density at radius 1 is 1.44 bits per heavy atom. The molecule has 1 unspecified atom stereocenters. The third kappa shape index (κ3) is 4.86. The second-order valence-electron chi connectivity index (χ2n) is 5.07. The molecule has 2 aromatic rings. The highest BCUT2D eigenvalue weighted by atomic mass is 35.5. The molecule has 2 rings (SSSR count). The molecule has 0 aromatic carbocycles. The summed E-state index contributed by atoms with van der Waals surface area (Å²) in [6.45, 7) is 0.911. The van der Waals surface area contributed by atoms with Crippen LogP contribution in [0.25, 0.3) is 0 Å². The zero-order valence-electron chi connectivity index (χ0n) is 13.0. The molecule has 5 nitrogen and oxygen atoms in total. The predicted molar refractivity (Wildman–Crippen MR) is 87.1 cm³/mol. The van der Waals surface area contributed by atoms with Gasteiger partial charge in [-0.1, -0.05) is 11.6 Å². The van der Waals surface area contributed by atoms with E-state index in [2.05, 4.69) is 15.0 Å². The van der Waals surface area contributed by atoms with E-state index < -0.39 is 23.9 Å². The van der Waals surface area contributed by atoms with E-state index in [1.807, 2.05) is 0 Å². The lowest BCUT2D eigenvalue weighted by Gasteiger charge is -2.15. The van der Waals surface area contributed by atoms with Gasteiger partial charge in [-0.05, 0) is 31.0 Å². The summed E-state index contributed by atoms with van der Waals surface area (Å²) < 4.78 is 55.2. The van der Waals surface area contributed by atoms with Gasteiger partial charge in [0.15, 0.2) is 5.82 Å². The first-order chi connectivity index (χ1) is 11.6. The number of halogens is 5. The van der Waals surface area contributed by atoms with Crippen LogP contribution in [0.4, 0.5) is 23.2 Å². The van der Waals surface area contributed by atoms with Crippen LogP contribution in [0.5, 0.6) is 0 Å². The number of rotatable bonds is 5. The van der Waals surface area contributed by atoms with E-state index in [-0.39, 0.29) is 15.7 Å². The van der Waals surface area contributed by atoms with Crippen molar-refractivity contribution in [1.29, 1.82) is 0 Å². The lowest BCUT2D eigenvalue weighted by Crippen LogP contribution is -2.35. The van der Waals surface area contributed by atoms with E-state index in [0.29, 0.717) is 17.6 Å². The molecule has 0 aliphatic rings. The molecule has 2 aromatic heterocycles. The molecule has 25 heavy (non-hydrogen) atoms. The Morgan fingerprint density at radius 2 is 2.12 bits per heavy atom. The van der Waals surface area contributed by atoms with Crippen molar-refractivity contribution in [3.63, 3.8) is 0 Å². The number of amides is 1. The van der Waals surface area contributed by atoms with Crippen LogP contribution in [-0.2, 0) is 7.05 Å². The zero-order valence-corrected chi connectivity index (χ0v) is 14.6. The lowest BCUT2D eigenvalue weighted by atomic mass is 10.3. The summed E-state index contributed by atoms with van der Waals surface area (Å²) in [7, 11) is 1.41. The molecule has 136 valence electrons. The summed E-state index contributed by atoms with van der Waals surface area (Å²) in [5, 5.41) is 2.59. The van der Waals surface area contributed by atoms with Gasteiger partial charge in [0.2, 0.25) is 0 Å². The van der Waals surface area contributed by atoms with Gasteiger partial charge in [0, 0.05) is 25.1 Å². The van der Waals surface area contributed by atoms with Crippen LogP contribution in [0.2, 0.25) is 5.15 Å². The van der Waals surface area contributed by atoms with Crippen LogP contribution in [0.15, 0.2) is 29.4 Å². The molecule has 2 heterocycles. The Morgan fingerprint density at radius 3 is 2.72 bits per heavy atom. The number of alkyl halides is 3. The molecule has 0 fully saturated rings. The number of anilines is 1. The van der Waals surface area contributed by atoms with Crippen LogP contribution in [0.1, 0.15) is 17.4 Å². The summed E-state index contributed by atoms with van der Waals surface area (Å²) in [6, 6.07) is 1.00. The number of aryl methyl sites for hydroxylation is 1. The van der Waals surface area contributed by atoms with Crippen molar-refractivity contribution >= 4 is 35.1 Å². The Labute approximate surface area is 149 Å². The van der Waals surface area contributed by atoms with E-state index in [0.717, 1.165) is 6.92 Å². The standard InChI is InChI=1S/C14H13ClF4N4OS/c1-7(14(17,18)19)22-25-9-6-23(2)12(11(9)16)13(24)21-8-3-4-20-10(15)5-8/h3-7,22H,1-2H3,(H,20,21,24). The first-order valence-electron chi connectivity index (χ1n) is 6.86. The summed E-state index contributed by atoms with van der Waals surface area (Å²) in [5.41, 5.74) is -0.0134. The number of hydrogen-bond donors (Lipinski definition) is 2. The molecule has 1 atom stereocenters. The van der Waals surface area contributed by atoms with Gasteiger partial charge >= 0.3 is 6.18 Å². The van der Waals surface area contributed by atoms with Crippen molar-refractivity contribution < 1.29 is 22.4 Å². The van der Waals surface area contributed by atoms with Crippen LogP contribution in [0.3, 0.4) is 0 Å². The van der Waals surface area contributed by atoms with Gasteiger partial charge in [0.25, 0.3) is 5.91 Å². The number of hydrogen-bond acceptors (Lipinski definition) is 4. The fourth-order valence-electron chi connectivity index (χ4n) is 1.79. The number of aromatic nitrogens is 2. The number of nitrogens with one attached hydrogen (secondary N) is 2. The monoisotopic (exact) mass is 396 g/mol. The first kappa shape index (κ1) is 19.5. The zero-order chi connectivity index (χ0) is 18.8. The molecule has 0 spiro atoms. The fraction of sp³-hybridized carbons (Fsp3) is 0.286. The van der Waals surface area contributed by atoms with Crippen molar-refractivity contribution in [3.8, 4) is 0 Å². The van der Waals surface area contributed by atoms with Crippen molar-refractivity contribution in [3.05, 3.63) is 41.2 Å². The van der Waals surface area contributed by atoms with E-state index in [9.17, 15) is 22.4 Å². The van der Waals surface area contributed by atoms with E-state index in [1.54, 1.807) is 0 Å². The van der Waals surface area contributed by atoms with Gasteiger partial charge in [0.1, 0.15) is 16.9 Å². The number of carbonyl (C=O) groups is 1. The van der Waals surface area contributed by atoms with Crippen LogP contribution < -0.4 is 10.0 Å². The average molecular weight is 397 g/mol. The topological polar surface area (TPSA) is 59.0 Å². The third-order valence-corrected chi connectivity index (χ3v) is 4.31. The van der Waals surface area contributed by atoms with Gasteiger partial charge in [-0.15, -0.1) is 0 Å². The first-order valence-corrected chi connectivity index (χ1v) is 8.06. The van der Waals surface area contributed by atoms with Crippen LogP contribution in [-0.4, -0.2) is 27.7 Å². The van der Waals surface area contributed by atoms with E-state index in [1.165, 1.54) is 36.1 Å². The summed E-state index contributed by atoms with van der Waals surface area (Å²) in [5.74, 6) is -1.69. The SMILES string of the molecule is CC(NSc1cn(C)c(C(=O)Nc2ccnc(Cl)c2)c1F)C(F)(F)F. The molecule has 1 amide bonds. The summed E-state index contributed by atoms with van der Waals surface area (Å²) in [6.07, 6.45) is -1.87. The number of carbonyl (C=O) groups excluding carboxylic acids is 1. The predicted octanol–water partition coefficient (Wildman–Crippen LogP) is 4.01. The van der Waals surface area contributed by atoms with Crippen LogP contribution in [0, 0.1) is 5.82 Å². The minimum atomic E-state index is -4.46. The summed E-state index contributed by atoms with van der Waals surface area (Å²) in [4.78, 5) is 15.9. The Bertz CT molecular complexity index is 781. The lowest BCUT2D eigenvalue weighted by molar-refractivity contribution is -0.146. The molecule has 0 bridgehead atoms. The molecule has 0 aliphatic carbocycles. The normalized spacial score (nSPS) is 12.9. The molecule has 0 aliphatic heterocycles. The van der Waals surface area contributed by atoms with Gasteiger partial charge in [-0.2, -0.15) is 13.2 Å². The Hall–Kier alpha value is -1.78. The third-order valence-electron chi connectivity index (χ3n) is 3.12. The maximum Gasteiger partial charge on any atom is 0.404 e. The smallest absolute Gasteiger partial charge is 0.343 e. The molecule has 2 N–H and O–H groups in total. The molecular weight excluding hydrogens is 384 g/mol. The number of pyridine rings is 1. The molecule has 0 radical (unpaired) electrons. The highest BCUT2D eigenvalue weighted by Crippen LogP contribution is 2.28. The number of nitrogens with zero attached hydrogens (tertiary/aromatic N) is 2. The largest absolute Gasteiger partial charge is 0.404 e. The highest BCUT2D eigenvalue weighted by molar-refractivity contribution is 7.97. The second-order valence-corrected chi connectivity index (χ2v) is 6.34. The maximum absolute atomic E-state index is 14.4. The quantitative estimate of drug-likeness (QED) is 0.455.